The zero-order valence-electron chi connectivity index (χ0n) is 14.6. The summed E-state index contributed by atoms with van der Waals surface area (Å²) < 4.78 is 17.4. The quantitative estimate of drug-likeness (QED) is 0.774. The van der Waals surface area contributed by atoms with Gasteiger partial charge in [-0.05, 0) is 46.2 Å². The number of pyridine rings is 1. The van der Waals surface area contributed by atoms with E-state index in [-0.39, 0.29) is 6.09 Å². The smallest absolute Gasteiger partial charge is 0.410 e. The maximum absolute atomic E-state index is 12.1. The number of amides is 1. The van der Waals surface area contributed by atoms with Crippen LogP contribution in [0, 0.1) is 0 Å². The summed E-state index contributed by atoms with van der Waals surface area (Å²) in [4.78, 5) is 20.3. The zero-order chi connectivity index (χ0) is 17.3. The minimum Gasteiger partial charge on any atom is -0.444 e. The number of piperazine rings is 1. The van der Waals surface area contributed by atoms with Crippen molar-refractivity contribution in [1.29, 1.82) is 0 Å². The second-order valence-corrected chi connectivity index (χ2v) is 10.4. The van der Waals surface area contributed by atoms with E-state index in [1.165, 1.54) is 0 Å². The fourth-order valence-electron chi connectivity index (χ4n) is 2.33. The van der Waals surface area contributed by atoms with Gasteiger partial charge in [0.15, 0.2) is 0 Å². The van der Waals surface area contributed by atoms with Crippen LogP contribution in [0.3, 0.4) is 0 Å². The number of aromatic nitrogens is 1. The van der Waals surface area contributed by atoms with Crippen LogP contribution in [0.4, 0.5) is 10.6 Å². The van der Waals surface area contributed by atoms with Crippen LogP contribution in [-0.4, -0.2) is 61.1 Å². The van der Waals surface area contributed by atoms with E-state index >= 15 is 0 Å². The van der Waals surface area contributed by atoms with E-state index in [0.717, 1.165) is 11.1 Å². The van der Waals surface area contributed by atoms with Crippen molar-refractivity contribution in [3.63, 3.8) is 0 Å². The van der Waals surface area contributed by atoms with Crippen molar-refractivity contribution in [2.45, 2.75) is 26.4 Å². The molecule has 2 heterocycles. The molecule has 0 N–H and O–H groups in total. The van der Waals surface area contributed by atoms with Gasteiger partial charge in [0.25, 0.3) is 0 Å². The van der Waals surface area contributed by atoms with E-state index in [1.54, 1.807) is 24.4 Å². The molecule has 0 atom stereocenters. The maximum atomic E-state index is 12.1. The zero-order valence-corrected chi connectivity index (χ0v) is 15.5. The van der Waals surface area contributed by atoms with Crippen molar-refractivity contribution in [1.82, 2.24) is 9.88 Å². The molecule has 1 aliphatic rings. The molecule has 0 aliphatic carbocycles. The Morgan fingerprint density at radius 1 is 1.17 bits per heavy atom. The van der Waals surface area contributed by atoms with E-state index in [9.17, 15) is 9.36 Å². The van der Waals surface area contributed by atoms with Crippen LogP contribution in [0.5, 0.6) is 0 Å². The lowest BCUT2D eigenvalue weighted by atomic mass is 10.2. The molecule has 2 rings (SSSR count). The Kier molecular flexibility index (Phi) is 5.04. The van der Waals surface area contributed by atoms with E-state index < -0.39 is 12.7 Å². The molecule has 0 spiro atoms. The third-order valence-electron chi connectivity index (χ3n) is 3.61. The minimum absolute atomic E-state index is 0.265. The molecule has 1 amide bonds. The van der Waals surface area contributed by atoms with Gasteiger partial charge in [-0.3, -0.25) is 0 Å². The van der Waals surface area contributed by atoms with Crippen molar-refractivity contribution in [2.24, 2.45) is 0 Å². The molecular formula is C16H26N3O3P. The highest BCUT2D eigenvalue weighted by atomic mass is 31.2. The fraction of sp³-hybridized carbons (Fsp3) is 0.625. The molecule has 1 saturated heterocycles. The number of ether oxygens (including phenoxy) is 1. The van der Waals surface area contributed by atoms with Gasteiger partial charge in [-0.25, -0.2) is 9.78 Å². The Morgan fingerprint density at radius 3 is 2.22 bits per heavy atom. The molecule has 128 valence electrons. The maximum Gasteiger partial charge on any atom is 0.410 e. The molecular weight excluding hydrogens is 313 g/mol. The Balaban J connectivity index is 1.94. The van der Waals surface area contributed by atoms with Crippen LogP contribution in [0.25, 0.3) is 0 Å². The fourth-order valence-corrected chi connectivity index (χ4v) is 3.10. The van der Waals surface area contributed by atoms with Crippen molar-refractivity contribution in [3.05, 3.63) is 18.3 Å². The summed E-state index contributed by atoms with van der Waals surface area (Å²) in [6, 6.07) is 3.78. The summed E-state index contributed by atoms with van der Waals surface area (Å²) >= 11 is 0. The number of rotatable bonds is 2. The van der Waals surface area contributed by atoms with E-state index in [2.05, 4.69) is 9.88 Å². The van der Waals surface area contributed by atoms with Crippen LogP contribution in [-0.2, 0) is 9.30 Å². The number of anilines is 1. The Morgan fingerprint density at radius 2 is 1.78 bits per heavy atom. The summed E-state index contributed by atoms with van der Waals surface area (Å²) in [5.74, 6) is 0.853. The van der Waals surface area contributed by atoms with Gasteiger partial charge in [0, 0.05) is 37.7 Å². The van der Waals surface area contributed by atoms with Crippen molar-refractivity contribution in [3.8, 4) is 0 Å². The van der Waals surface area contributed by atoms with Crippen LogP contribution in [0.2, 0.25) is 0 Å². The number of hydrogen-bond donors (Lipinski definition) is 0. The van der Waals surface area contributed by atoms with E-state index in [0.29, 0.717) is 26.2 Å². The number of hydrogen-bond acceptors (Lipinski definition) is 5. The lowest BCUT2D eigenvalue weighted by Gasteiger charge is -2.36. The van der Waals surface area contributed by atoms with Crippen LogP contribution < -0.4 is 10.2 Å². The summed E-state index contributed by atoms with van der Waals surface area (Å²) in [6.07, 6.45) is 1.43. The molecule has 1 aliphatic heterocycles. The Labute approximate surface area is 138 Å². The predicted octanol–water partition coefficient (Wildman–Crippen LogP) is 2.39. The lowest BCUT2D eigenvalue weighted by Crippen LogP contribution is -2.50. The van der Waals surface area contributed by atoms with Crippen LogP contribution >= 0.6 is 7.14 Å². The first-order valence-electron chi connectivity index (χ1n) is 7.81. The molecule has 1 aromatic rings. The molecule has 1 aromatic heterocycles. The van der Waals surface area contributed by atoms with Gasteiger partial charge in [0.05, 0.1) is 0 Å². The second-order valence-electron chi connectivity index (χ2n) is 7.18. The van der Waals surface area contributed by atoms with E-state index in [1.807, 2.05) is 32.9 Å². The molecule has 0 unspecified atom stereocenters. The second kappa shape index (κ2) is 6.52. The van der Waals surface area contributed by atoms with Gasteiger partial charge < -0.3 is 19.1 Å². The molecule has 0 bridgehead atoms. The average molecular weight is 339 g/mol. The number of carbonyl (C=O) groups is 1. The normalized spacial score (nSPS) is 16.4. The molecule has 0 saturated carbocycles. The number of nitrogens with zero attached hydrogens (tertiary/aromatic N) is 3. The summed E-state index contributed by atoms with van der Waals surface area (Å²) in [5, 5.41) is 0.786. The summed E-state index contributed by atoms with van der Waals surface area (Å²) in [7, 11) is -2.27. The standard InChI is InChI=1S/C16H26N3O3P/c1-16(2,3)22-15(20)19-10-8-18(9-11-19)14-7-6-13(12-17-14)23(4,5)21/h6-7,12H,8-11H2,1-5H3. The van der Waals surface area contributed by atoms with Gasteiger partial charge in [0.1, 0.15) is 18.6 Å². The largest absolute Gasteiger partial charge is 0.444 e. The van der Waals surface area contributed by atoms with Crippen LogP contribution in [0.1, 0.15) is 20.8 Å². The SMILES string of the molecule is CC(C)(C)OC(=O)N1CCN(c2ccc(P(C)(C)=O)cn2)CC1. The molecule has 7 heteroatoms. The van der Waals surface area contributed by atoms with Crippen molar-refractivity contribution in [2.75, 3.05) is 44.4 Å². The molecule has 0 aromatic carbocycles. The monoisotopic (exact) mass is 339 g/mol. The first-order chi connectivity index (χ1) is 10.6. The highest BCUT2D eigenvalue weighted by Gasteiger charge is 2.26. The summed E-state index contributed by atoms with van der Waals surface area (Å²) in [6.45, 7) is 11.7. The predicted molar refractivity (Wildman–Crippen MR) is 93.3 cm³/mol. The molecule has 0 radical (unpaired) electrons. The highest BCUT2D eigenvalue weighted by Crippen LogP contribution is 2.34. The Bertz CT molecular complexity index is 596. The summed E-state index contributed by atoms with van der Waals surface area (Å²) in [5.41, 5.74) is -0.472. The van der Waals surface area contributed by atoms with Crippen molar-refractivity contribution < 1.29 is 14.1 Å². The van der Waals surface area contributed by atoms with Gasteiger partial charge in [-0.15, -0.1) is 0 Å². The molecule has 6 nitrogen and oxygen atoms in total. The first kappa shape index (κ1) is 17.8. The Hall–Kier alpha value is -1.55. The molecule has 1 fully saturated rings. The van der Waals surface area contributed by atoms with Crippen molar-refractivity contribution >= 4 is 24.4 Å². The van der Waals surface area contributed by atoms with Crippen LogP contribution in [0.15, 0.2) is 18.3 Å². The third kappa shape index (κ3) is 4.96. The van der Waals surface area contributed by atoms with Gasteiger partial charge in [0.2, 0.25) is 0 Å². The lowest BCUT2D eigenvalue weighted by molar-refractivity contribution is 0.0240. The minimum atomic E-state index is -2.27. The highest BCUT2D eigenvalue weighted by molar-refractivity contribution is 7.70. The van der Waals surface area contributed by atoms with Gasteiger partial charge in [-0.2, -0.15) is 0 Å². The first-order valence-corrected chi connectivity index (χ1v) is 10.4. The van der Waals surface area contributed by atoms with Gasteiger partial charge in [-0.1, -0.05) is 0 Å². The van der Waals surface area contributed by atoms with E-state index in [4.69, 9.17) is 4.74 Å². The third-order valence-corrected chi connectivity index (χ3v) is 5.12. The molecule has 23 heavy (non-hydrogen) atoms. The average Bonchev–Trinajstić information content (AvgIpc) is 2.45. The number of carbonyl (C=O) groups excluding carboxylic acids is 1. The van der Waals surface area contributed by atoms with Gasteiger partial charge >= 0.3 is 6.09 Å². The topological polar surface area (TPSA) is 62.7 Å².